The van der Waals surface area contributed by atoms with E-state index in [0.717, 1.165) is 28.2 Å². The first-order chi connectivity index (χ1) is 8.97. The monoisotopic (exact) mass is 279 g/mol. The third-order valence-electron chi connectivity index (χ3n) is 2.98. The van der Waals surface area contributed by atoms with E-state index in [-0.39, 0.29) is 0 Å². The second-order valence-corrected chi connectivity index (χ2v) is 5.77. The zero-order valence-electron chi connectivity index (χ0n) is 11.2. The quantitative estimate of drug-likeness (QED) is 0.879. The number of rotatable bonds is 5. The third-order valence-corrected chi connectivity index (χ3v) is 4.06. The third kappa shape index (κ3) is 3.21. The second-order valence-electron chi connectivity index (χ2n) is 4.51. The maximum absolute atomic E-state index is 10.9. The molecule has 0 unspecified atom stereocenters. The smallest absolute Gasteiger partial charge is 0.345 e. The maximum Gasteiger partial charge on any atom is 0.345 e. The van der Waals surface area contributed by atoms with Gasteiger partial charge in [-0.25, -0.2) is 4.79 Å². The molecule has 0 spiro atoms. The van der Waals surface area contributed by atoms with Crippen molar-refractivity contribution in [1.29, 1.82) is 0 Å². The van der Waals surface area contributed by atoms with Crippen LogP contribution >= 0.6 is 11.3 Å². The number of hydrogen-bond acceptors (Lipinski definition) is 4. The van der Waals surface area contributed by atoms with Gasteiger partial charge >= 0.3 is 5.97 Å². The van der Waals surface area contributed by atoms with Crippen molar-refractivity contribution in [1.82, 2.24) is 15.1 Å². The Hall–Kier alpha value is -1.66. The first-order valence-corrected chi connectivity index (χ1v) is 6.81. The van der Waals surface area contributed by atoms with E-state index in [1.807, 2.05) is 27.1 Å². The molecule has 6 heteroatoms. The molecular weight excluding hydrogens is 262 g/mol. The van der Waals surface area contributed by atoms with Gasteiger partial charge in [-0.2, -0.15) is 5.10 Å². The van der Waals surface area contributed by atoms with E-state index in [2.05, 4.69) is 10.4 Å². The standard InChI is InChI=1S/C13H17N3O2S/c1-8-11(7-16(3)15-8)6-14-5-10-4-12(13(17)18)19-9(10)2/h4,7,14H,5-6H2,1-3H3,(H,17,18). The Morgan fingerprint density at radius 1 is 1.42 bits per heavy atom. The minimum absolute atomic E-state index is 0.395. The van der Waals surface area contributed by atoms with E-state index < -0.39 is 5.97 Å². The summed E-state index contributed by atoms with van der Waals surface area (Å²) < 4.78 is 1.80. The van der Waals surface area contributed by atoms with Crippen LogP contribution in [0.15, 0.2) is 12.3 Å². The number of aryl methyl sites for hydroxylation is 3. The first kappa shape index (κ1) is 13.8. The molecule has 0 saturated carbocycles. The van der Waals surface area contributed by atoms with Gasteiger partial charge in [-0.15, -0.1) is 11.3 Å². The lowest BCUT2D eigenvalue weighted by Crippen LogP contribution is -2.13. The van der Waals surface area contributed by atoms with Gasteiger partial charge in [0, 0.05) is 36.8 Å². The summed E-state index contributed by atoms with van der Waals surface area (Å²) in [6, 6.07) is 1.74. The molecule has 0 saturated heterocycles. The van der Waals surface area contributed by atoms with Crippen LogP contribution in [0.25, 0.3) is 0 Å². The van der Waals surface area contributed by atoms with Gasteiger partial charge in [-0.3, -0.25) is 4.68 Å². The molecule has 0 fully saturated rings. The van der Waals surface area contributed by atoms with Gasteiger partial charge < -0.3 is 10.4 Å². The Morgan fingerprint density at radius 3 is 2.63 bits per heavy atom. The summed E-state index contributed by atoms with van der Waals surface area (Å²) in [5.41, 5.74) is 3.22. The number of nitrogens with one attached hydrogen (secondary N) is 1. The van der Waals surface area contributed by atoms with E-state index in [1.54, 1.807) is 10.7 Å². The Labute approximate surface area is 115 Å². The minimum Gasteiger partial charge on any atom is -0.477 e. The lowest BCUT2D eigenvalue weighted by Gasteiger charge is -2.03. The fourth-order valence-corrected chi connectivity index (χ4v) is 2.84. The molecule has 102 valence electrons. The highest BCUT2D eigenvalue weighted by Gasteiger charge is 2.11. The Balaban J connectivity index is 1.96. The summed E-state index contributed by atoms with van der Waals surface area (Å²) in [5.74, 6) is -0.859. The van der Waals surface area contributed by atoms with E-state index in [0.29, 0.717) is 11.4 Å². The molecule has 5 nitrogen and oxygen atoms in total. The molecule has 0 aromatic carbocycles. The highest BCUT2D eigenvalue weighted by Crippen LogP contribution is 2.21. The van der Waals surface area contributed by atoms with Gasteiger partial charge in [-0.1, -0.05) is 0 Å². The predicted octanol–water partition coefficient (Wildman–Crippen LogP) is 2.09. The number of aromatic carboxylic acids is 1. The van der Waals surface area contributed by atoms with Crippen LogP contribution < -0.4 is 5.32 Å². The average Bonchev–Trinajstić information content (AvgIpc) is 2.83. The molecule has 2 aromatic heterocycles. The first-order valence-electron chi connectivity index (χ1n) is 6.00. The molecule has 2 heterocycles. The van der Waals surface area contributed by atoms with Gasteiger partial charge in [0.15, 0.2) is 0 Å². The van der Waals surface area contributed by atoms with E-state index in [1.165, 1.54) is 11.3 Å². The van der Waals surface area contributed by atoms with Crippen LogP contribution in [0.5, 0.6) is 0 Å². The fraction of sp³-hybridized carbons (Fsp3) is 0.385. The summed E-state index contributed by atoms with van der Waals surface area (Å²) in [6.07, 6.45) is 1.99. The Morgan fingerprint density at radius 2 is 2.11 bits per heavy atom. The second kappa shape index (κ2) is 5.54. The van der Waals surface area contributed by atoms with Crippen molar-refractivity contribution in [2.75, 3.05) is 0 Å². The number of nitrogens with zero attached hydrogens (tertiary/aromatic N) is 2. The number of aromatic nitrogens is 2. The van der Waals surface area contributed by atoms with Crippen LogP contribution in [0.3, 0.4) is 0 Å². The van der Waals surface area contributed by atoms with Gasteiger partial charge in [0.05, 0.1) is 5.69 Å². The molecule has 0 aliphatic carbocycles. The molecule has 0 aliphatic rings. The number of hydrogen-bond donors (Lipinski definition) is 2. The molecule has 0 bridgehead atoms. The molecule has 19 heavy (non-hydrogen) atoms. The molecule has 0 amide bonds. The summed E-state index contributed by atoms with van der Waals surface area (Å²) in [5, 5.41) is 16.6. The van der Waals surface area contributed by atoms with Crippen LogP contribution in [0.2, 0.25) is 0 Å². The molecule has 2 rings (SSSR count). The normalized spacial score (nSPS) is 10.9. The molecule has 0 aliphatic heterocycles. The van der Waals surface area contributed by atoms with Gasteiger partial charge in [0.25, 0.3) is 0 Å². The molecule has 2 aromatic rings. The SMILES string of the molecule is Cc1nn(C)cc1CNCc1cc(C(=O)O)sc1C. The highest BCUT2D eigenvalue weighted by molar-refractivity contribution is 7.14. The van der Waals surface area contributed by atoms with Crippen molar-refractivity contribution in [3.8, 4) is 0 Å². The minimum atomic E-state index is -0.859. The summed E-state index contributed by atoms with van der Waals surface area (Å²) in [4.78, 5) is 12.3. The number of carboxylic acid groups (broad SMARTS) is 1. The highest BCUT2D eigenvalue weighted by atomic mass is 32.1. The van der Waals surface area contributed by atoms with Gasteiger partial charge in [0.2, 0.25) is 0 Å². The summed E-state index contributed by atoms with van der Waals surface area (Å²) in [6.45, 7) is 5.33. The maximum atomic E-state index is 10.9. The average molecular weight is 279 g/mol. The zero-order valence-corrected chi connectivity index (χ0v) is 12.0. The predicted molar refractivity (Wildman–Crippen MR) is 74.5 cm³/mol. The van der Waals surface area contributed by atoms with E-state index in [4.69, 9.17) is 5.11 Å². The molecule has 0 radical (unpaired) electrons. The molecular formula is C13H17N3O2S. The number of carboxylic acids is 1. The lowest BCUT2D eigenvalue weighted by atomic mass is 10.2. The van der Waals surface area contributed by atoms with Crippen molar-refractivity contribution < 1.29 is 9.90 Å². The lowest BCUT2D eigenvalue weighted by molar-refractivity contribution is 0.0702. The van der Waals surface area contributed by atoms with E-state index >= 15 is 0 Å². The summed E-state index contributed by atoms with van der Waals surface area (Å²) >= 11 is 1.32. The van der Waals surface area contributed by atoms with Gasteiger partial charge in [0.1, 0.15) is 4.88 Å². The number of carbonyl (C=O) groups is 1. The Bertz CT molecular complexity index is 601. The topological polar surface area (TPSA) is 67.2 Å². The van der Waals surface area contributed by atoms with Crippen molar-refractivity contribution in [2.45, 2.75) is 26.9 Å². The van der Waals surface area contributed by atoms with Crippen LogP contribution in [0.1, 0.15) is 31.4 Å². The van der Waals surface area contributed by atoms with Crippen LogP contribution in [0, 0.1) is 13.8 Å². The molecule has 0 atom stereocenters. The largest absolute Gasteiger partial charge is 0.477 e. The van der Waals surface area contributed by atoms with Crippen molar-refractivity contribution in [3.05, 3.63) is 38.8 Å². The summed E-state index contributed by atoms with van der Waals surface area (Å²) in [7, 11) is 1.90. The fourth-order valence-electron chi connectivity index (χ4n) is 1.95. The van der Waals surface area contributed by atoms with Crippen LogP contribution in [0.4, 0.5) is 0 Å². The Kier molecular flexibility index (Phi) is 4.01. The number of thiophene rings is 1. The van der Waals surface area contributed by atoms with Gasteiger partial charge in [-0.05, 0) is 25.5 Å². The van der Waals surface area contributed by atoms with Crippen molar-refractivity contribution >= 4 is 17.3 Å². The van der Waals surface area contributed by atoms with Crippen molar-refractivity contribution in [2.24, 2.45) is 7.05 Å². The van der Waals surface area contributed by atoms with E-state index in [9.17, 15) is 4.79 Å². The van der Waals surface area contributed by atoms with Crippen molar-refractivity contribution in [3.63, 3.8) is 0 Å². The zero-order chi connectivity index (χ0) is 14.0. The molecule has 2 N–H and O–H groups in total. The van der Waals surface area contributed by atoms with Crippen LogP contribution in [-0.2, 0) is 20.1 Å². The van der Waals surface area contributed by atoms with Crippen LogP contribution in [-0.4, -0.2) is 20.9 Å².